The average molecular weight is 210 g/mol. The zero-order valence-electron chi connectivity index (χ0n) is 10.4. The molecule has 1 N–H and O–H groups in total. The minimum atomic E-state index is 0.543. The summed E-state index contributed by atoms with van der Waals surface area (Å²) in [6, 6.07) is 0.740. The van der Waals surface area contributed by atoms with Crippen molar-refractivity contribution in [2.75, 3.05) is 19.6 Å². The number of unbranched alkanes of at least 4 members (excludes halogenated alkanes) is 1. The zero-order chi connectivity index (χ0) is 10.7. The number of hydrogen-bond acceptors (Lipinski definition) is 2. The van der Waals surface area contributed by atoms with Gasteiger partial charge >= 0.3 is 0 Å². The van der Waals surface area contributed by atoms with Gasteiger partial charge in [0.15, 0.2) is 0 Å². The predicted octanol–water partition coefficient (Wildman–Crippen LogP) is 2.39. The van der Waals surface area contributed by atoms with E-state index in [1.807, 2.05) is 0 Å². The number of rotatable bonds is 3. The van der Waals surface area contributed by atoms with Crippen LogP contribution in [0.4, 0.5) is 0 Å². The van der Waals surface area contributed by atoms with E-state index >= 15 is 0 Å². The molecule has 0 aromatic rings. The van der Waals surface area contributed by atoms with Crippen LogP contribution in [-0.4, -0.2) is 36.1 Å². The van der Waals surface area contributed by atoms with Crippen molar-refractivity contribution in [3.8, 4) is 0 Å². The fourth-order valence-corrected chi connectivity index (χ4v) is 3.22. The van der Waals surface area contributed by atoms with Crippen molar-refractivity contribution >= 4 is 0 Å². The maximum Gasteiger partial charge on any atom is 0.0335 e. The summed E-state index contributed by atoms with van der Waals surface area (Å²) >= 11 is 0. The quantitative estimate of drug-likeness (QED) is 0.769. The fraction of sp³-hybridized carbons (Fsp3) is 1.00. The molecule has 0 amide bonds. The maximum atomic E-state index is 3.68. The number of nitrogens with zero attached hydrogens (tertiary/aromatic N) is 1. The predicted molar refractivity (Wildman–Crippen MR) is 65.1 cm³/mol. The molecular formula is C13H26N2. The molecule has 15 heavy (non-hydrogen) atoms. The third kappa shape index (κ3) is 2.36. The monoisotopic (exact) mass is 210 g/mol. The second-order valence-electron chi connectivity index (χ2n) is 5.49. The van der Waals surface area contributed by atoms with Gasteiger partial charge in [-0.1, -0.05) is 13.3 Å². The lowest BCUT2D eigenvalue weighted by atomic mass is 9.85. The molecular weight excluding hydrogens is 184 g/mol. The van der Waals surface area contributed by atoms with Crippen LogP contribution >= 0.6 is 0 Å². The molecule has 2 saturated heterocycles. The number of hydrogen-bond donors (Lipinski definition) is 1. The lowest BCUT2D eigenvalue weighted by Gasteiger charge is -2.44. The molecule has 0 aromatic heterocycles. The summed E-state index contributed by atoms with van der Waals surface area (Å²) in [5.74, 6) is 0. The van der Waals surface area contributed by atoms with Crippen LogP contribution in [-0.2, 0) is 0 Å². The summed E-state index contributed by atoms with van der Waals surface area (Å²) in [5.41, 5.74) is 0.543. The molecule has 0 saturated carbocycles. The van der Waals surface area contributed by atoms with Gasteiger partial charge in [0.1, 0.15) is 0 Å². The van der Waals surface area contributed by atoms with Crippen LogP contribution in [0, 0.1) is 0 Å². The Morgan fingerprint density at radius 1 is 1.40 bits per heavy atom. The minimum Gasteiger partial charge on any atom is -0.312 e. The standard InChI is InChI=1S/C13H26N2/c1-3-4-9-15-10-5-7-13(15)8-6-12(2)14-11-13/h12,14H,3-11H2,1-2H3. The van der Waals surface area contributed by atoms with E-state index in [0.29, 0.717) is 5.54 Å². The van der Waals surface area contributed by atoms with E-state index in [4.69, 9.17) is 0 Å². The Hall–Kier alpha value is -0.0800. The molecule has 0 aromatic carbocycles. The number of likely N-dealkylation sites (tertiary alicyclic amines) is 1. The molecule has 0 aliphatic carbocycles. The van der Waals surface area contributed by atoms with Crippen molar-refractivity contribution in [2.45, 2.75) is 64.0 Å². The van der Waals surface area contributed by atoms with Crippen LogP contribution < -0.4 is 5.32 Å². The van der Waals surface area contributed by atoms with E-state index in [1.165, 1.54) is 58.2 Å². The van der Waals surface area contributed by atoms with Gasteiger partial charge in [-0.3, -0.25) is 4.90 Å². The summed E-state index contributed by atoms with van der Waals surface area (Å²) in [7, 11) is 0. The molecule has 2 atom stereocenters. The van der Waals surface area contributed by atoms with Gasteiger partial charge in [0.2, 0.25) is 0 Å². The lowest BCUT2D eigenvalue weighted by molar-refractivity contribution is 0.0925. The summed E-state index contributed by atoms with van der Waals surface area (Å²) in [6.45, 7) is 8.52. The van der Waals surface area contributed by atoms with Crippen molar-refractivity contribution in [1.29, 1.82) is 0 Å². The number of nitrogens with one attached hydrogen (secondary N) is 1. The molecule has 88 valence electrons. The molecule has 2 aliphatic rings. The Morgan fingerprint density at radius 2 is 2.27 bits per heavy atom. The summed E-state index contributed by atoms with van der Waals surface area (Å²) < 4.78 is 0. The number of piperidine rings is 1. The molecule has 1 spiro atoms. The van der Waals surface area contributed by atoms with Crippen LogP contribution in [0.2, 0.25) is 0 Å². The second kappa shape index (κ2) is 4.84. The molecule has 0 bridgehead atoms. The van der Waals surface area contributed by atoms with Gasteiger partial charge in [0.05, 0.1) is 0 Å². The van der Waals surface area contributed by atoms with Gasteiger partial charge < -0.3 is 5.32 Å². The van der Waals surface area contributed by atoms with Crippen LogP contribution in [0.5, 0.6) is 0 Å². The first kappa shape index (κ1) is 11.4. The smallest absolute Gasteiger partial charge is 0.0335 e. The summed E-state index contributed by atoms with van der Waals surface area (Å²) in [4.78, 5) is 2.77. The third-order valence-electron chi connectivity index (χ3n) is 4.34. The van der Waals surface area contributed by atoms with E-state index in [2.05, 4.69) is 24.1 Å². The van der Waals surface area contributed by atoms with Crippen LogP contribution in [0.25, 0.3) is 0 Å². The van der Waals surface area contributed by atoms with Crippen LogP contribution in [0.15, 0.2) is 0 Å². The molecule has 2 aliphatic heterocycles. The first-order chi connectivity index (χ1) is 7.27. The average Bonchev–Trinajstić information content (AvgIpc) is 2.63. The van der Waals surface area contributed by atoms with Gasteiger partial charge in [0, 0.05) is 18.1 Å². The van der Waals surface area contributed by atoms with Crippen molar-refractivity contribution < 1.29 is 0 Å². The fourth-order valence-electron chi connectivity index (χ4n) is 3.22. The van der Waals surface area contributed by atoms with E-state index in [9.17, 15) is 0 Å². The van der Waals surface area contributed by atoms with E-state index in [-0.39, 0.29) is 0 Å². The Morgan fingerprint density at radius 3 is 2.93 bits per heavy atom. The normalized spacial score (nSPS) is 37.6. The highest BCUT2D eigenvalue weighted by atomic mass is 15.2. The van der Waals surface area contributed by atoms with Crippen molar-refractivity contribution in [2.24, 2.45) is 0 Å². The van der Waals surface area contributed by atoms with Gasteiger partial charge in [-0.05, 0) is 52.1 Å². The van der Waals surface area contributed by atoms with E-state index in [1.54, 1.807) is 0 Å². The van der Waals surface area contributed by atoms with Crippen molar-refractivity contribution in [3.63, 3.8) is 0 Å². The molecule has 2 fully saturated rings. The van der Waals surface area contributed by atoms with Crippen LogP contribution in [0.3, 0.4) is 0 Å². The molecule has 0 radical (unpaired) electrons. The van der Waals surface area contributed by atoms with Crippen molar-refractivity contribution in [1.82, 2.24) is 10.2 Å². The third-order valence-corrected chi connectivity index (χ3v) is 4.34. The van der Waals surface area contributed by atoms with E-state index in [0.717, 1.165) is 6.04 Å². The molecule has 2 heterocycles. The van der Waals surface area contributed by atoms with Gasteiger partial charge in [-0.2, -0.15) is 0 Å². The molecule has 2 rings (SSSR count). The van der Waals surface area contributed by atoms with Gasteiger partial charge in [-0.25, -0.2) is 0 Å². The first-order valence-corrected chi connectivity index (χ1v) is 6.75. The molecule has 2 nitrogen and oxygen atoms in total. The Bertz CT molecular complexity index is 195. The minimum absolute atomic E-state index is 0.543. The largest absolute Gasteiger partial charge is 0.312 e. The van der Waals surface area contributed by atoms with E-state index < -0.39 is 0 Å². The maximum absolute atomic E-state index is 3.68. The highest BCUT2D eigenvalue weighted by Crippen LogP contribution is 2.35. The Balaban J connectivity index is 1.93. The highest BCUT2D eigenvalue weighted by molar-refractivity contribution is 5.00. The Labute approximate surface area is 94.4 Å². The summed E-state index contributed by atoms with van der Waals surface area (Å²) in [6.07, 6.45) is 8.33. The van der Waals surface area contributed by atoms with Gasteiger partial charge in [0.25, 0.3) is 0 Å². The zero-order valence-corrected chi connectivity index (χ0v) is 10.4. The van der Waals surface area contributed by atoms with Gasteiger partial charge in [-0.15, -0.1) is 0 Å². The molecule has 2 unspecified atom stereocenters. The van der Waals surface area contributed by atoms with Crippen molar-refractivity contribution in [3.05, 3.63) is 0 Å². The van der Waals surface area contributed by atoms with Crippen LogP contribution in [0.1, 0.15) is 52.4 Å². The first-order valence-electron chi connectivity index (χ1n) is 6.75. The SMILES string of the molecule is CCCCN1CCCC12CCC(C)NC2. The molecule has 2 heteroatoms. The second-order valence-corrected chi connectivity index (χ2v) is 5.49. The summed E-state index contributed by atoms with van der Waals surface area (Å²) in [5, 5.41) is 3.68. The highest BCUT2D eigenvalue weighted by Gasteiger charge is 2.42. The topological polar surface area (TPSA) is 15.3 Å². The Kier molecular flexibility index (Phi) is 3.68. The lowest BCUT2D eigenvalue weighted by Crippen LogP contribution is -2.56.